The Bertz CT molecular complexity index is 1520. The van der Waals surface area contributed by atoms with Gasteiger partial charge in [0.05, 0.1) is 17.5 Å². The van der Waals surface area contributed by atoms with Gasteiger partial charge in [-0.1, -0.05) is 34.9 Å². The van der Waals surface area contributed by atoms with Crippen molar-refractivity contribution in [3.63, 3.8) is 0 Å². The van der Waals surface area contributed by atoms with Crippen molar-refractivity contribution in [2.45, 2.75) is 25.7 Å². The molecule has 4 atom stereocenters. The molecular formula is C29H21Cl2NO5. The number of allylic oxidation sites excluding steroid dienone is 6. The van der Waals surface area contributed by atoms with E-state index in [1.165, 1.54) is 17.0 Å². The van der Waals surface area contributed by atoms with Crippen molar-refractivity contribution in [3.05, 3.63) is 92.5 Å². The predicted molar refractivity (Wildman–Crippen MR) is 138 cm³/mol. The minimum Gasteiger partial charge on any atom is -0.508 e. The number of halogens is 2. The van der Waals surface area contributed by atoms with Gasteiger partial charge in [0.15, 0.2) is 11.6 Å². The molecule has 4 aliphatic rings. The normalized spacial score (nSPS) is 27.1. The molecule has 6 rings (SSSR count). The van der Waals surface area contributed by atoms with E-state index in [-0.39, 0.29) is 35.6 Å². The second-order valence-electron chi connectivity index (χ2n) is 9.92. The molecule has 1 N–H and O–H groups in total. The number of phenols is 1. The van der Waals surface area contributed by atoms with E-state index in [1.54, 1.807) is 43.3 Å². The van der Waals surface area contributed by atoms with E-state index < -0.39 is 23.7 Å². The number of nitrogens with zero attached hydrogens (tertiary/aromatic N) is 1. The molecule has 1 fully saturated rings. The van der Waals surface area contributed by atoms with Crippen LogP contribution >= 0.6 is 23.2 Å². The molecule has 4 unspecified atom stereocenters. The third-order valence-electron chi connectivity index (χ3n) is 7.95. The first-order valence-electron chi connectivity index (χ1n) is 12.0. The summed E-state index contributed by atoms with van der Waals surface area (Å²) in [4.78, 5) is 55.1. The van der Waals surface area contributed by atoms with Crippen LogP contribution in [0, 0.1) is 17.8 Å². The standard InChI is InChI=1S/C29H21Cl2NO5/c1-13-10-23(34)26-21(27(13)35)12-19-17(24(26)20-11-15(31)4-9-22(20)33)7-8-18-25(19)29(37)32(28(18)36)16-5-2-14(30)3-6-16/h2-7,9-11,18-19,24-25,33H,8,12H2,1H3. The summed E-state index contributed by atoms with van der Waals surface area (Å²) in [7, 11) is 0. The van der Waals surface area contributed by atoms with Gasteiger partial charge >= 0.3 is 0 Å². The van der Waals surface area contributed by atoms with Crippen LogP contribution in [0.1, 0.15) is 31.2 Å². The maximum Gasteiger partial charge on any atom is 0.238 e. The highest BCUT2D eigenvalue weighted by molar-refractivity contribution is 6.31. The van der Waals surface area contributed by atoms with Crippen LogP contribution in [-0.2, 0) is 19.2 Å². The number of hydrogen-bond acceptors (Lipinski definition) is 5. The zero-order valence-corrected chi connectivity index (χ0v) is 21.2. The SMILES string of the molecule is CC1=CC(=O)C2=C(CC3C(=CCC4C(=O)N(c5ccc(Cl)cc5)C(=O)C43)C2c2cc(Cl)ccc2O)C1=O. The molecule has 2 aromatic carbocycles. The Morgan fingerprint density at radius 1 is 0.919 bits per heavy atom. The molecule has 0 radical (unpaired) electrons. The predicted octanol–water partition coefficient (Wildman–Crippen LogP) is 5.33. The van der Waals surface area contributed by atoms with Crippen molar-refractivity contribution in [3.8, 4) is 5.75 Å². The Hall–Kier alpha value is -3.48. The summed E-state index contributed by atoms with van der Waals surface area (Å²) in [5.74, 6) is -3.77. The molecule has 37 heavy (non-hydrogen) atoms. The lowest BCUT2D eigenvalue weighted by Gasteiger charge is -2.42. The van der Waals surface area contributed by atoms with E-state index in [1.807, 2.05) is 6.08 Å². The number of anilines is 1. The van der Waals surface area contributed by atoms with Crippen LogP contribution in [-0.4, -0.2) is 28.5 Å². The van der Waals surface area contributed by atoms with Gasteiger partial charge in [0.25, 0.3) is 0 Å². The number of aromatic hydroxyl groups is 1. The first kappa shape index (κ1) is 23.9. The lowest BCUT2D eigenvalue weighted by atomic mass is 9.59. The fourth-order valence-corrected chi connectivity index (χ4v) is 6.65. The van der Waals surface area contributed by atoms with Crippen LogP contribution in [0.5, 0.6) is 5.75 Å². The van der Waals surface area contributed by atoms with E-state index in [2.05, 4.69) is 0 Å². The van der Waals surface area contributed by atoms with Crippen molar-refractivity contribution < 1.29 is 24.3 Å². The fourth-order valence-electron chi connectivity index (χ4n) is 6.34. The summed E-state index contributed by atoms with van der Waals surface area (Å²) in [6, 6.07) is 11.1. The number of Topliss-reactive ketones (excluding diaryl/α,β-unsaturated/α-hetero) is 1. The Morgan fingerprint density at radius 3 is 2.35 bits per heavy atom. The number of rotatable bonds is 2. The topological polar surface area (TPSA) is 91.8 Å². The molecule has 186 valence electrons. The molecule has 0 saturated carbocycles. The molecule has 3 aliphatic carbocycles. The molecule has 1 saturated heterocycles. The Balaban J connectivity index is 1.50. The average Bonchev–Trinajstić information content (AvgIpc) is 3.13. The second-order valence-corrected chi connectivity index (χ2v) is 10.8. The summed E-state index contributed by atoms with van der Waals surface area (Å²) in [5, 5.41) is 11.7. The van der Waals surface area contributed by atoms with Gasteiger partial charge in [-0.05, 0) is 74.2 Å². The zero-order chi connectivity index (χ0) is 26.2. The highest BCUT2D eigenvalue weighted by Crippen LogP contribution is 2.56. The molecule has 8 heteroatoms. The summed E-state index contributed by atoms with van der Waals surface area (Å²) in [6.45, 7) is 1.59. The molecule has 0 aromatic heterocycles. The molecule has 6 nitrogen and oxygen atoms in total. The molecule has 0 bridgehead atoms. The van der Waals surface area contributed by atoms with E-state index >= 15 is 0 Å². The molecule has 2 aromatic rings. The maximum atomic E-state index is 13.8. The summed E-state index contributed by atoms with van der Waals surface area (Å²) in [5.41, 5.74) is 2.57. The smallest absolute Gasteiger partial charge is 0.238 e. The fraction of sp³-hybridized carbons (Fsp3) is 0.241. The number of phenolic OH excluding ortho intramolecular Hbond substituents is 1. The molecule has 2 amide bonds. The van der Waals surface area contributed by atoms with Crippen LogP contribution in [0.4, 0.5) is 5.69 Å². The highest BCUT2D eigenvalue weighted by Gasteiger charge is 2.56. The molecular weight excluding hydrogens is 513 g/mol. The highest BCUT2D eigenvalue weighted by atomic mass is 35.5. The lowest BCUT2D eigenvalue weighted by molar-refractivity contribution is -0.123. The number of carbonyl (C=O) groups excluding carboxylic acids is 4. The molecule has 0 spiro atoms. The van der Waals surface area contributed by atoms with Gasteiger partial charge in [0.2, 0.25) is 11.8 Å². The van der Waals surface area contributed by atoms with Gasteiger partial charge in [0.1, 0.15) is 5.75 Å². The Morgan fingerprint density at radius 2 is 1.62 bits per heavy atom. The third-order valence-corrected chi connectivity index (χ3v) is 8.43. The third kappa shape index (κ3) is 3.54. The van der Waals surface area contributed by atoms with E-state index in [0.29, 0.717) is 44.4 Å². The van der Waals surface area contributed by atoms with Gasteiger partial charge in [-0.3, -0.25) is 24.1 Å². The average molecular weight is 534 g/mol. The zero-order valence-electron chi connectivity index (χ0n) is 19.7. The van der Waals surface area contributed by atoms with Gasteiger partial charge in [-0.25, -0.2) is 0 Å². The Kier molecular flexibility index (Phi) is 5.51. The minimum atomic E-state index is -0.748. The van der Waals surface area contributed by atoms with Gasteiger partial charge < -0.3 is 5.11 Å². The number of ketones is 2. The first-order valence-corrected chi connectivity index (χ1v) is 12.7. The first-order chi connectivity index (χ1) is 17.7. The quantitative estimate of drug-likeness (QED) is 0.320. The van der Waals surface area contributed by atoms with E-state index in [0.717, 1.165) is 5.57 Å². The van der Waals surface area contributed by atoms with E-state index in [9.17, 15) is 24.3 Å². The number of hydrogen-bond donors (Lipinski definition) is 1. The van der Waals surface area contributed by atoms with Crippen molar-refractivity contribution in [1.82, 2.24) is 0 Å². The number of benzene rings is 2. The van der Waals surface area contributed by atoms with E-state index in [4.69, 9.17) is 23.2 Å². The van der Waals surface area contributed by atoms with Crippen LogP contribution < -0.4 is 4.90 Å². The molecule has 1 heterocycles. The van der Waals surface area contributed by atoms with Crippen molar-refractivity contribution >= 4 is 52.3 Å². The van der Waals surface area contributed by atoms with Crippen LogP contribution in [0.15, 0.2) is 76.9 Å². The van der Waals surface area contributed by atoms with Gasteiger partial charge in [0, 0.05) is 38.2 Å². The summed E-state index contributed by atoms with van der Waals surface area (Å²) >= 11 is 12.3. The second kappa shape index (κ2) is 8.54. The summed E-state index contributed by atoms with van der Waals surface area (Å²) < 4.78 is 0. The van der Waals surface area contributed by atoms with Crippen LogP contribution in [0.2, 0.25) is 10.0 Å². The maximum absolute atomic E-state index is 13.8. The van der Waals surface area contributed by atoms with Crippen LogP contribution in [0.25, 0.3) is 0 Å². The minimum absolute atomic E-state index is 0.0620. The van der Waals surface area contributed by atoms with Gasteiger partial charge in [-0.2, -0.15) is 0 Å². The van der Waals surface area contributed by atoms with Crippen molar-refractivity contribution in [2.75, 3.05) is 4.90 Å². The van der Waals surface area contributed by atoms with Gasteiger partial charge in [-0.15, -0.1) is 0 Å². The van der Waals surface area contributed by atoms with Crippen molar-refractivity contribution in [1.29, 1.82) is 0 Å². The summed E-state index contributed by atoms with van der Waals surface area (Å²) in [6.07, 6.45) is 3.71. The van der Waals surface area contributed by atoms with Crippen molar-refractivity contribution in [2.24, 2.45) is 17.8 Å². The molecule has 1 aliphatic heterocycles. The van der Waals surface area contributed by atoms with Crippen LogP contribution in [0.3, 0.4) is 0 Å². The monoisotopic (exact) mass is 533 g/mol. The number of amides is 2. The lowest BCUT2D eigenvalue weighted by Crippen LogP contribution is -2.39. The Labute approximate surface area is 222 Å². The number of carbonyl (C=O) groups is 4. The number of imide groups is 1. The number of fused-ring (bicyclic) bond motifs is 3. The largest absolute Gasteiger partial charge is 0.508 e.